The summed E-state index contributed by atoms with van der Waals surface area (Å²) >= 11 is 18.1. The van der Waals surface area contributed by atoms with Crippen molar-refractivity contribution in [1.82, 2.24) is 5.32 Å². The molecule has 3 aromatic carbocycles. The highest BCUT2D eigenvalue weighted by molar-refractivity contribution is 7.92. The van der Waals surface area contributed by atoms with Gasteiger partial charge >= 0.3 is 5.97 Å². The summed E-state index contributed by atoms with van der Waals surface area (Å²) < 4.78 is 44.8. The van der Waals surface area contributed by atoms with Crippen LogP contribution in [0.15, 0.2) is 59.5 Å². The summed E-state index contributed by atoms with van der Waals surface area (Å²) in [6.07, 6.45) is 0. The van der Waals surface area contributed by atoms with Gasteiger partial charge in [-0.2, -0.15) is 0 Å². The average Bonchev–Trinajstić information content (AvgIpc) is 2.90. The van der Waals surface area contributed by atoms with E-state index in [-0.39, 0.29) is 43.4 Å². The molecule has 0 radical (unpaired) electrons. The Bertz CT molecular complexity index is 1470. The molecule has 2 N–H and O–H groups in total. The predicted molar refractivity (Wildman–Crippen MR) is 145 cm³/mol. The predicted octanol–water partition coefficient (Wildman–Crippen LogP) is 5.80. The number of halogens is 3. The SMILES string of the molecule is CCNC(=O)c1ccc(Oc2ccc(C(Cl)C(=O)OC)cc2OC)c(NS(=O)(=O)c2ccc(Cl)c(Cl)c2)c1. The molecule has 0 saturated heterocycles. The third-order valence-corrected chi connectivity index (χ3v) is 7.67. The Morgan fingerprint density at radius 1 is 0.921 bits per heavy atom. The second kappa shape index (κ2) is 12.6. The van der Waals surface area contributed by atoms with Crippen LogP contribution >= 0.6 is 34.8 Å². The van der Waals surface area contributed by atoms with Gasteiger partial charge in [-0.25, -0.2) is 8.42 Å². The summed E-state index contributed by atoms with van der Waals surface area (Å²) in [6.45, 7) is 2.13. The lowest BCUT2D eigenvalue weighted by Crippen LogP contribution is -2.23. The van der Waals surface area contributed by atoms with Gasteiger partial charge in [0, 0.05) is 12.1 Å². The van der Waals surface area contributed by atoms with E-state index in [1.807, 2.05) is 0 Å². The van der Waals surface area contributed by atoms with Gasteiger partial charge in [-0.05, 0) is 61.0 Å². The van der Waals surface area contributed by atoms with Crippen LogP contribution in [-0.2, 0) is 19.6 Å². The fourth-order valence-corrected chi connectivity index (χ4v) is 4.91. The number of carbonyl (C=O) groups is 2. The number of hydrogen-bond acceptors (Lipinski definition) is 7. The van der Waals surface area contributed by atoms with Crippen molar-refractivity contribution < 1.29 is 32.2 Å². The smallest absolute Gasteiger partial charge is 0.328 e. The topological polar surface area (TPSA) is 120 Å². The molecule has 38 heavy (non-hydrogen) atoms. The van der Waals surface area contributed by atoms with Crippen LogP contribution in [-0.4, -0.2) is 41.1 Å². The minimum atomic E-state index is -4.17. The van der Waals surface area contributed by atoms with Crippen molar-refractivity contribution in [2.75, 3.05) is 25.5 Å². The zero-order valence-electron chi connectivity index (χ0n) is 20.4. The van der Waals surface area contributed by atoms with Crippen LogP contribution in [0.25, 0.3) is 0 Å². The van der Waals surface area contributed by atoms with Crippen molar-refractivity contribution in [2.24, 2.45) is 0 Å². The summed E-state index contributed by atoms with van der Waals surface area (Å²) in [6, 6.07) is 12.6. The molecule has 3 rings (SSSR count). The standard InChI is InChI=1S/C25H23Cl3N2O7S/c1-4-29-24(31)15-6-9-20(19(11-15)30-38(33,34)16-7-8-17(26)18(27)13-16)37-21-10-5-14(12-22(21)35-2)23(28)25(32)36-3/h5-13,23,30H,4H2,1-3H3,(H,29,31). The average molecular weight is 602 g/mol. The van der Waals surface area contributed by atoms with Gasteiger partial charge in [0.15, 0.2) is 22.6 Å². The van der Waals surface area contributed by atoms with Gasteiger partial charge in [0.05, 0.1) is 34.8 Å². The first-order valence-corrected chi connectivity index (χ1v) is 13.7. The van der Waals surface area contributed by atoms with E-state index < -0.39 is 27.3 Å². The fraction of sp³-hybridized carbons (Fsp3) is 0.200. The first kappa shape index (κ1) is 29.4. The van der Waals surface area contributed by atoms with Crippen LogP contribution in [0.5, 0.6) is 17.2 Å². The Morgan fingerprint density at radius 2 is 1.63 bits per heavy atom. The quantitative estimate of drug-likeness (QED) is 0.223. The van der Waals surface area contributed by atoms with E-state index in [0.29, 0.717) is 12.1 Å². The lowest BCUT2D eigenvalue weighted by atomic mass is 10.1. The van der Waals surface area contributed by atoms with Crippen LogP contribution < -0.4 is 19.5 Å². The lowest BCUT2D eigenvalue weighted by Gasteiger charge is -2.17. The molecule has 0 fully saturated rings. The Labute approximate surface area is 235 Å². The number of rotatable bonds is 10. The maximum atomic E-state index is 13.2. The van der Waals surface area contributed by atoms with E-state index in [4.69, 9.17) is 44.3 Å². The number of hydrogen-bond donors (Lipinski definition) is 2. The number of carbonyl (C=O) groups excluding carboxylic acids is 2. The molecule has 0 saturated carbocycles. The first-order chi connectivity index (χ1) is 18.0. The van der Waals surface area contributed by atoms with E-state index in [1.54, 1.807) is 6.92 Å². The molecule has 1 amide bonds. The van der Waals surface area contributed by atoms with Crippen molar-refractivity contribution >= 4 is 62.4 Å². The molecule has 3 aromatic rings. The number of alkyl halides is 1. The van der Waals surface area contributed by atoms with Crippen LogP contribution in [0.2, 0.25) is 10.0 Å². The molecule has 0 aliphatic carbocycles. The molecule has 0 bridgehead atoms. The second-order valence-corrected chi connectivity index (χ2v) is 10.6. The number of esters is 1. The molecule has 1 atom stereocenters. The zero-order valence-corrected chi connectivity index (χ0v) is 23.5. The molecule has 0 aliphatic heterocycles. The molecule has 1 unspecified atom stereocenters. The number of sulfonamides is 1. The Hall–Kier alpha value is -3.18. The molecule has 9 nitrogen and oxygen atoms in total. The van der Waals surface area contributed by atoms with Crippen LogP contribution in [0.3, 0.4) is 0 Å². The van der Waals surface area contributed by atoms with Gasteiger partial charge < -0.3 is 19.5 Å². The Kier molecular flexibility index (Phi) is 9.72. The molecular formula is C25H23Cl3N2O7S. The molecule has 0 heterocycles. The maximum absolute atomic E-state index is 13.2. The molecular weight excluding hydrogens is 579 g/mol. The second-order valence-electron chi connectivity index (χ2n) is 7.65. The summed E-state index contributed by atoms with van der Waals surface area (Å²) in [4.78, 5) is 24.1. The van der Waals surface area contributed by atoms with E-state index in [2.05, 4.69) is 14.8 Å². The summed E-state index contributed by atoms with van der Waals surface area (Å²) in [5, 5.41) is 1.82. The van der Waals surface area contributed by atoms with Crippen molar-refractivity contribution in [1.29, 1.82) is 0 Å². The molecule has 202 valence electrons. The van der Waals surface area contributed by atoms with Crippen molar-refractivity contribution in [2.45, 2.75) is 17.2 Å². The number of benzene rings is 3. The third-order valence-electron chi connectivity index (χ3n) is 5.13. The van der Waals surface area contributed by atoms with Crippen molar-refractivity contribution in [3.8, 4) is 17.2 Å². The van der Waals surface area contributed by atoms with Gasteiger partial charge in [0.1, 0.15) is 0 Å². The summed E-state index contributed by atoms with van der Waals surface area (Å²) in [7, 11) is -1.57. The minimum Gasteiger partial charge on any atom is -0.493 e. The summed E-state index contributed by atoms with van der Waals surface area (Å²) in [5.41, 5.74) is 0.557. The third kappa shape index (κ3) is 6.82. The fourth-order valence-electron chi connectivity index (χ4n) is 3.23. The molecule has 0 spiro atoms. The zero-order chi connectivity index (χ0) is 28.0. The van der Waals surface area contributed by atoms with Gasteiger partial charge in [-0.1, -0.05) is 29.3 Å². The Morgan fingerprint density at radius 3 is 2.26 bits per heavy atom. The van der Waals surface area contributed by atoms with Crippen LogP contribution in [0.4, 0.5) is 5.69 Å². The van der Waals surface area contributed by atoms with Gasteiger partial charge in [-0.3, -0.25) is 14.3 Å². The highest BCUT2D eigenvalue weighted by atomic mass is 35.5. The number of methoxy groups -OCH3 is 2. The van der Waals surface area contributed by atoms with Crippen LogP contribution in [0.1, 0.15) is 28.2 Å². The number of anilines is 1. The van der Waals surface area contributed by atoms with Gasteiger partial charge in [0.25, 0.3) is 15.9 Å². The molecule has 0 aliphatic rings. The normalized spacial score (nSPS) is 11.8. The van der Waals surface area contributed by atoms with Crippen molar-refractivity contribution in [3.63, 3.8) is 0 Å². The summed E-state index contributed by atoms with van der Waals surface area (Å²) in [5.74, 6) is -0.605. The molecule has 0 aromatic heterocycles. The highest BCUT2D eigenvalue weighted by Gasteiger charge is 2.23. The van der Waals surface area contributed by atoms with E-state index >= 15 is 0 Å². The van der Waals surface area contributed by atoms with E-state index in [0.717, 1.165) is 0 Å². The van der Waals surface area contributed by atoms with Gasteiger partial charge in [0.2, 0.25) is 0 Å². The maximum Gasteiger partial charge on any atom is 0.328 e. The monoisotopic (exact) mass is 600 g/mol. The van der Waals surface area contributed by atoms with Gasteiger partial charge in [-0.15, -0.1) is 11.6 Å². The Balaban J connectivity index is 2.04. The van der Waals surface area contributed by atoms with E-state index in [9.17, 15) is 18.0 Å². The lowest BCUT2D eigenvalue weighted by molar-refractivity contribution is -0.140. The number of ether oxygens (including phenoxy) is 3. The highest BCUT2D eigenvalue weighted by Crippen LogP contribution is 2.39. The van der Waals surface area contributed by atoms with Crippen LogP contribution in [0, 0.1) is 0 Å². The minimum absolute atomic E-state index is 0.0317. The number of amides is 1. The van der Waals surface area contributed by atoms with Crippen molar-refractivity contribution in [3.05, 3.63) is 75.8 Å². The van der Waals surface area contributed by atoms with E-state index in [1.165, 1.54) is 68.8 Å². The number of nitrogens with one attached hydrogen (secondary N) is 2. The first-order valence-electron chi connectivity index (χ1n) is 11.0. The largest absolute Gasteiger partial charge is 0.493 e. The molecule has 13 heteroatoms.